The maximum atomic E-state index is 12.6. The van der Waals surface area contributed by atoms with Gasteiger partial charge in [-0.3, -0.25) is 4.79 Å². The van der Waals surface area contributed by atoms with Gasteiger partial charge in [-0.25, -0.2) is 14.6 Å². The number of aromatic nitrogens is 4. The monoisotopic (exact) mass is 369 g/mol. The van der Waals surface area contributed by atoms with E-state index in [9.17, 15) is 14.4 Å². The van der Waals surface area contributed by atoms with Crippen LogP contribution in [0.15, 0.2) is 36.5 Å². The molecule has 0 bridgehead atoms. The summed E-state index contributed by atoms with van der Waals surface area (Å²) in [6, 6.07) is 7.58. The van der Waals surface area contributed by atoms with Crippen molar-refractivity contribution in [2.45, 2.75) is 13.0 Å². The quantitative estimate of drug-likeness (QED) is 0.638. The largest absolute Gasteiger partial charge is 0.475 e. The lowest BCUT2D eigenvalue weighted by Crippen LogP contribution is -2.30. The molecular formula is C17H15N5O5. The van der Waals surface area contributed by atoms with E-state index in [1.165, 1.54) is 19.4 Å². The number of carboxylic acids is 1. The number of aromatic carboxylic acids is 1. The topological polar surface area (TPSA) is 136 Å². The van der Waals surface area contributed by atoms with Crippen LogP contribution in [-0.4, -0.2) is 49.6 Å². The van der Waals surface area contributed by atoms with E-state index in [1.54, 1.807) is 31.2 Å². The Hall–Kier alpha value is -3.82. The lowest BCUT2D eigenvalue weighted by molar-refractivity contribution is 0.0599. The first-order valence-corrected chi connectivity index (χ1v) is 7.85. The number of amides is 1. The molecule has 0 aliphatic heterocycles. The second-order valence-corrected chi connectivity index (χ2v) is 5.59. The molecule has 1 aromatic carbocycles. The second kappa shape index (κ2) is 7.20. The van der Waals surface area contributed by atoms with Crippen LogP contribution in [0.4, 0.5) is 0 Å². The number of carboxylic acid groups (broad SMARTS) is 1. The molecule has 0 spiro atoms. The molecule has 0 unspecified atom stereocenters. The maximum Gasteiger partial charge on any atom is 0.374 e. The minimum atomic E-state index is -1.35. The van der Waals surface area contributed by atoms with E-state index in [2.05, 4.69) is 25.1 Å². The molecule has 0 saturated carbocycles. The Morgan fingerprint density at radius 1 is 1.15 bits per heavy atom. The lowest BCUT2D eigenvalue weighted by Gasteiger charge is -2.15. The van der Waals surface area contributed by atoms with Crippen LogP contribution in [0, 0.1) is 0 Å². The number of carbonyl (C=O) groups is 3. The summed E-state index contributed by atoms with van der Waals surface area (Å²) in [7, 11) is 1.29. The van der Waals surface area contributed by atoms with Crippen LogP contribution in [0.2, 0.25) is 0 Å². The van der Waals surface area contributed by atoms with Crippen molar-refractivity contribution < 1.29 is 24.2 Å². The average Bonchev–Trinajstić information content (AvgIpc) is 3.15. The SMILES string of the molecule is COC(=O)c1ccc([C@@H](C)NC(=O)c2nc(C(=O)O)nc3ccnn23)cc1. The zero-order chi connectivity index (χ0) is 19.6. The second-order valence-electron chi connectivity index (χ2n) is 5.59. The van der Waals surface area contributed by atoms with Crippen molar-refractivity contribution in [1.82, 2.24) is 24.9 Å². The summed E-state index contributed by atoms with van der Waals surface area (Å²) in [4.78, 5) is 42.9. The van der Waals surface area contributed by atoms with Crippen molar-refractivity contribution in [3.8, 4) is 0 Å². The highest BCUT2D eigenvalue weighted by Gasteiger charge is 2.20. The summed E-state index contributed by atoms with van der Waals surface area (Å²) >= 11 is 0. The Bertz CT molecular complexity index is 1030. The van der Waals surface area contributed by atoms with Gasteiger partial charge in [0, 0.05) is 6.07 Å². The maximum absolute atomic E-state index is 12.6. The zero-order valence-electron chi connectivity index (χ0n) is 14.4. The molecule has 2 aromatic heterocycles. The third-order valence-corrected chi connectivity index (χ3v) is 3.83. The molecular weight excluding hydrogens is 354 g/mol. The van der Waals surface area contributed by atoms with E-state index in [-0.39, 0.29) is 11.5 Å². The predicted molar refractivity (Wildman–Crippen MR) is 91.4 cm³/mol. The molecule has 27 heavy (non-hydrogen) atoms. The number of ether oxygens (including phenoxy) is 1. The van der Waals surface area contributed by atoms with Gasteiger partial charge in [0.15, 0.2) is 5.65 Å². The number of carbonyl (C=O) groups excluding carboxylic acids is 2. The Kier molecular flexibility index (Phi) is 4.79. The van der Waals surface area contributed by atoms with E-state index >= 15 is 0 Å². The normalized spacial score (nSPS) is 11.8. The third kappa shape index (κ3) is 3.59. The Balaban J connectivity index is 1.84. The smallest absolute Gasteiger partial charge is 0.374 e. The van der Waals surface area contributed by atoms with Gasteiger partial charge in [-0.05, 0) is 24.6 Å². The molecule has 10 nitrogen and oxygen atoms in total. The van der Waals surface area contributed by atoms with Gasteiger partial charge in [0.25, 0.3) is 5.91 Å². The van der Waals surface area contributed by atoms with Crippen molar-refractivity contribution in [3.63, 3.8) is 0 Å². The van der Waals surface area contributed by atoms with Crippen LogP contribution in [0.1, 0.15) is 50.1 Å². The first-order chi connectivity index (χ1) is 12.9. The molecule has 0 radical (unpaired) electrons. The number of nitrogens with one attached hydrogen (secondary N) is 1. The summed E-state index contributed by atoms with van der Waals surface area (Å²) in [6.07, 6.45) is 1.39. The number of fused-ring (bicyclic) bond motifs is 1. The Morgan fingerprint density at radius 2 is 1.85 bits per heavy atom. The van der Waals surface area contributed by atoms with Crippen LogP contribution in [0.25, 0.3) is 5.65 Å². The summed E-state index contributed by atoms with van der Waals surface area (Å²) in [5, 5.41) is 15.8. The highest BCUT2D eigenvalue weighted by Crippen LogP contribution is 2.15. The number of methoxy groups -OCH3 is 1. The van der Waals surface area contributed by atoms with Gasteiger partial charge in [-0.1, -0.05) is 12.1 Å². The molecule has 1 atom stereocenters. The van der Waals surface area contributed by atoms with Gasteiger partial charge in [0.2, 0.25) is 11.6 Å². The number of hydrogen-bond acceptors (Lipinski definition) is 7. The molecule has 2 N–H and O–H groups in total. The minimum Gasteiger partial charge on any atom is -0.475 e. The standard InChI is InChI=1S/C17H15N5O5/c1-9(10-3-5-11(6-4-10)17(26)27-2)19-15(23)14-21-13(16(24)25)20-12-7-8-18-22(12)14/h3-9H,1-2H3,(H,19,23)(H,24,25)/t9-/m1/s1. The third-order valence-electron chi connectivity index (χ3n) is 3.83. The summed E-state index contributed by atoms with van der Waals surface area (Å²) < 4.78 is 5.80. The van der Waals surface area contributed by atoms with Crippen LogP contribution >= 0.6 is 0 Å². The molecule has 0 aliphatic rings. The van der Waals surface area contributed by atoms with Crippen LogP contribution in [0.3, 0.4) is 0 Å². The van der Waals surface area contributed by atoms with E-state index < -0.39 is 29.7 Å². The summed E-state index contributed by atoms with van der Waals surface area (Å²) in [5.74, 6) is -3.11. The van der Waals surface area contributed by atoms with Gasteiger partial charge in [-0.15, -0.1) is 0 Å². The minimum absolute atomic E-state index is 0.194. The number of rotatable bonds is 5. The fraction of sp³-hybridized carbons (Fsp3) is 0.176. The lowest BCUT2D eigenvalue weighted by atomic mass is 10.1. The predicted octanol–water partition coefficient (Wildman–Crippen LogP) is 1.10. The molecule has 0 aliphatic carbocycles. The van der Waals surface area contributed by atoms with Crippen molar-refractivity contribution in [2.75, 3.05) is 7.11 Å². The fourth-order valence-corrected chi connectivity index (χ4v) is 2.44. The highest BCUT2D eigenvalue weighted by molar-refractivity contribution is 5.93. The molecule has 0 fully saturated rings. The number of hydrogen-bond donors (Lipinski definition) is 2. The number of nitrogens with zero attached hydrogens (tertiary/aromatic N) is 4. The van der Waals surface area contributed by atoms with E-state index in [0.29, 0.717) is 5.56 Å². The highest BCUT2D eigenvalue weighted by atomic mass is 16.5. The van der Waals surface area contributed by atoms with Gasteiger partial charge in [-0.2, -0.15) is 14.6 Å². The van der Waals surface area contributed by atoms with E-state index in [0.717, 1.165) is 10.1 Å². The van der Waals surface area contributed by atoms with Crippen LogP contribution in [-0.2, 0) is 4.74 Å². The first-order valence-electron chi connectivity index (χ1n) is 7.85. The summed E-state index contributed by atoms with van der Waals surface area (Å²) in [5.41, 5.74) is 1.32. The van der Waals surface area contributed by atoms with Gasteiger partial charge in [0.1, 0.15) is 0 Å². The average molecular weight is 369 g/mol. The van der Waals surface area contributed by atoms with Gasteiger partial charge in [0.05, 0.1) is 24.9 Å². The van der Waals surface area contributed by atoms with E-state index in [4.69, 9.17) is 5.11 Å². The Morgan fingerprint density at radius 3 is 2.48 bits per heavy atom. The number of esters is 1. The molecule has 10 heteroatoms. The summed E-state index contributed by atoms with van der Waals surface area (Å²) in [6.45, 7) is 1.74. The molecule has 1 amide bonds. The Labute approximate surface area is 152 Å². The van der Waals surface area contributed by atoms with Crippen molar-refractivity contribution in [2.24, 2.45) is 0 Å². The van der Waals surface area contributed by atoms with Crippen molar-refractivity contribution in [1.29, 1.82) is 0 Å². The molecule has 2 heterocycles. The van der Waals surface area contributed by atoms with Crippen LogP contribution < -0.4 is 5.32 Å². The number of benzene rings is 1. The van der Waals surface area contributed by atoms with Gasteiger partial charge < -0.3 is 15.2 Å². The van der Waals surface area contributed by atoms with Crippen molar-refractivity contribution >= 4 is 23.5 Å². The molecule has 3 rings (SSSR count). The first kappa shape index (κ1) is 18.0. The van der Waals surface area contributed by atoms with Crippen molar-refractivity contribution in [3.05, 3.63) is 59.3 Å². The molecule has 138 valence electrons. The molecule has 0 saturated heterocycles. The van der Waals surface area contributed by atoms with E-state index in [1.807, 2.05) is 0 Å². The zero-order valence-corrected chi connectivity index (χ0v) is 14.4. The fourth-order valence-electron chi connectivity index (χ4n) is 2.44. The van der Waals surface area contributed by atoms with Crippen LogP contribution in [0.5, 0.6) is 0 Å². The van der Waals surface area contributed by atoms with Gasteiger partial charge >= 0.3 is 11.9 Å². The molecule has 3 aromatic rings.